The van der Waals surface area contributed by atoms with Gasteiger partial charge in [-0.25, -0.2) is 22.7 Å². The zero-order valence-electron chi connectivity index (χ0n) is 20.3. The van der Waals surface area contributed by atoms with Crippen LogP contribution in [-0.4, -0.2) is 37.9 Å². The summed E-state index contributed by atoms with van der Waals surface area (Å²) in [6, 6.07) is 16.8. The highest BCUT2D eigenvalue weighted by molar-refractivity contribution is 7.74. The van der Waals surface area contributed by atoms with Gasteiger partial charge in [-0.05, 0) is 42.0 Å². The molecule has 3 aromatic carbocycles. The Hall–Kier alpha value is -3.97. The Morgan fingerprint density at radius 1 is 1.03 bits per heavy atom. The number of carbonyl (C=O) groups is 1. The van der Waals surface area contributed by atoms with Crippen molar-refractivity contribution in [3.63, 3.8) is 0 Å². The Bertz CT molecular complexity index is 1560. The molecule has 1 aromatic heterocycles. The summed E-state index contributed by atoms with van der Waals surface area (Å²) in [7, 11) is -1.74. The molecule has 0 aliphatic carbocycles. The molecule has 0 atom stereocenters. The topological polar surface area (TPSA) is 166 Å². The number of thiol groups is 1. The van der Waals surface area contributed by atoms with Crippen LogP contribution in [0.1, 0.15) is 12.0 Å². The van der Waals surface area contributed by atoms with Crippen LogP contribution in [0.5, 0.6) is 5.75 Å². The third-order valence-corrected chi connectivity index (χ3v) is 6.62. The van der Waals surface area contributed by atoms with Crippen molar-refractivity contribution in [2.45, 2.75) is 13.0 Å². The highest BCUT2D eigenvalue weighted by atomic mass is 35.5. The number of aromatic nitrogens is 2. The van der Waals surface area contributed by atoms with E-state index in [1.54, 1.807) is 54.6 Å². The van der Waals surface area contributed by atoms with E-state index in [0.29, 0.717) is 38.7 Å². The molecule has 1 amide bonds. The molecule has 1 heterocycles. The van der Waals surface area contributed by atoms with Crippen LogP contribution >= 0.6 is 11.6 Å². The fourth-order valence-electron chi connectivity index (χ4n) is 3.71. The Morgan fingerprint density at radius 2 is 1.76 bits per heavy atom. The molecule has 6 N–H and O–H groups in total. The van der Waals surface area contributed by atoms with Crippen LogP contribution in [-0.2, 0) is 22.2 Å². The maximum atomic E-state index is 12.7. The van der Waals surface area contributed by atoms with Crippen LogP contribution in [0, 0.1) is 0 Å². The molecule has 11 nitrogen and oxygen atoms in total. The molecule has 0 unspecified atom stereocenters. The number of amides is 1. The number of halogens is 1. The molecule has 4 aromatic rings. The second kappa shape index (κ2) is 12.0. The van der Waals surface area contributed by atoms with Crippen molar-refractivity contribution in [2.24, 2.45) is 11.5 Å². The van der Waals surface area contributed by atoms with Crippen molar-refractivity contribution in [1.82, 2.24) is 9.97 Å². The largest absolute Gasteiger partial charge is 0.497 e. The number of nitrogens with zero attached hydrogens (tertiary/aromatic N) is 3. The van der Waals surface area contributed by atoms with Gasteiger partial charge in [0.05, 0.1) is 34.5 Å². The number of carbonyl (C=O) groups excluding carboxylic acids is 1. The van der Waals surface area contributed by atoms with Gasteiger partial charge in [0, 0.05) is 31.3 Å². The standard InChI is InChI=1S/C25H26ClN7O4S/c1-37-17-8-9-18(26)22(13-17)31-24-25(32-20-5-3-2-4-19(20)30-24)33(38(35)36)16-7-6-15(14-28)21(12-16)29-23(34)10-11-27/h2-9,12-13,38H,10-11,14,27-28H2,1H3,(H,29,34)(H,30,31). The second-order valence-corrected chi connectivity index (χ2v) is 9.32. The molecule has 38 heavy (non-hydrogen) atoms. The normalized spacial score (nSPS) is 11.0. The number of anilines is 5. The quantitative estimate of drug-likeness (QED) is 0.184. The molecule has 0 bridgehead atoms. The number of ether oxygens (including phenoxy) is 1. The summed E-state index contributed by atoms with van der Waals surface area (Å²) in [6.07, 6.45) is 0.0965. The van der Waals surface area contributed by atoms with Crippen molar-refractivity contribution in [1.29, 1.82) is 0 Å². The number of benzene rings is 3. The average molecular weight is 556 g/mol. The predicted octanol–water partition coefficient (Wildman–Crippen LogP) is 3.45. The van der Waals surface area contributed by atoms with Gasteiger partial charge >= 0.3 is 0 Å². The number of hydrogen-bond acceptors (Lipinski definition) is 9. The van der Waals surface area contributed by atoms with Gasteiger partial charge in [0.2, 0.25) is 16.8 Å². The molecule has 0 radical (unpaired) electrons. The molecule has 0 saturated heterocycles. The van der Waals surface area contributed by atoms with Crippen LogP contribution in [0.2, 0.25) is 5.02 Å². The highest BCUT2D eigenvalue weighted by Gasteiger charge is 2.22. The lowest BCUT2D eigenvalue weighted by Crippen LogP contribution is -2.20. The van der Waals surface area contributed by atoms with E-state index in [2.05, 4.69) is 20.6 Å². The van der Waals surface area contributed by atoms with Crippen molar-refractivity contribution in [3.05, 3.63) is 71.2 Å². The first kappa shape index (κ1) is 27.1. The van der Waals surface area contributed by atoms with Crippen molar-refractivity contribution >= 4 is 68.1 Å². The monoisotopic (exact) mass is 555 g/mol. The number of para-hydroxylation sites is 2. The Balaban J connectivity index is 1.88. The minimum atomic E-state index is -3.26. The summed E-state index contributed by atoms with van der Waals surface area (Å²) in [5, 5.41) is 6.21. The summed E-state index contributed by atoms with van der Waals surface area (Å²) in [4.78, 5) is 21.5. The van der Waals surface area contributed by atoms with E-state index >= 15 is 0 Å². The average Bonchev–Trinajstić information content (AvgIpc) is 2.90. The minimum Gasteiger partial charge on any atom is -0.497 e. The lowest BCUT2D eigenvalue weighted by molar-refractivity contribution is -0.116. The number of fused-ring (bicyclic) bond motifs is 1. The zero-order valence-corrected chi connectivity index (χ0v) is 22.0. The summed E-state index contributed by atoms with van der Waals surface area (Å²) < 4.78 is 31.7. The summed E-state index contributed by atoms with van der Waals surface area (Å²) in [5.41, 5.74) is 14.0. The molecule has 0 aliphatic heterocycles. The number of nitrogens with two attached hydrogens (primary N) is 2. The molecule has 0 aliphatic rings. The Kier molecular flexibility index (Phi) is 8.59. The van der Waals surface area contributed by atoms with Crippen LogP contribution in [0.15, 0.2) is 60.7 Å². The number of nitrogens with one attached hydrogen (secondary N) is 2. The van der Waals surface area contributed by atoms with Gasteiger partial charge in [-0.3, -0.25) is 4.79 Å². The number of rotatable bonds is 10. The first-order valence-corrected chi connectivity index (χ1v) is 13.0. The summed E-state index contributed by atoms with van der Waals surface area (Å²) >= 11 is 6.40. The van der Waals surface area contributed by atoms with E-state index < -0.39 is 10.9 Å². The molecule has 0 saturated carbocycles. The van der Waals surface area contributed by atoms with Crippen LogP contribution in [0.4, 0.5) is 28.7 Å². The molecule has 198 valence electrons. The first-order chi connectivity index (χ1) is 18.3. The first-order valence-electron chi connectivity index (χ1n) is 11.5. The molecular weight excluding hydrogens is 530 g/mol. The third kappa shape index (κ3) is 5.94. The number of methoxy groups -OCH3 is 1. The maximum Gasteiger partial charge on any atom is 0.230 e. The van der Waals surface area contributed by atoms with Crippen molar-refractivity contribution in [2.75, 3.05) is 28.6 Å². The fourth-order valence-corrected chi connectivity index (χ4v) is 4.48. The zero-order chi connectivity index (χ0) is 27.2. The van der Waals surface area contributed by atoms with Gasteiger partial charge in [0.15, 0.2) is 11.6 Å². The molecule has 13 heteroatoms. The number of hydrogen-bond donors (Lipinski definition) is 5. The molecule has 4 rings (SSSR count). The SMILES string of the molecule is COc1ccc(Cl)c(Nc2nc3ccccc3nc2N(c2ccc(CN)c(NC(=O)CCN)c2)[SH](=O)=O)c1. The van der Waals surface area contributed by atoms with Gasteiger partial charge in [-0.1, -0.05) is 29.8 Å². The van der Waals surface area contributed by atoms with Gasteiger partial charge in [-0.2, -0.15) is 0 Å². The van der Waals surface area contributed by atoms with Crippen LogP contribution < -0.4 is 31.1 Å². The van der Waals surface area contributed by atoms with Gasteiger partial charge in [0.1, 0.15) is 5.75 Å². The van der Waals surface area contributed by atoms with Crippen molar-refractivity contribution < 1.29 is 17.9 Å². The van der Waals surface area contributed by atoms with E-state index in [9.17, 15) is 13.2 Å². The highest BCUT2D eigenvalue weighted by Crippen LogP contribution is 2.37. The van der Waals surface area contributed by atoms with Gasteiger partial charge in [-0.15, -0.1) is 0 Å². The molecule has 0 spiro atoms. The minimum absolute atomic E-state index is 0.00145. The van der Waals surface area contributed by atoms with E-state index in [-0.39, 0.29) is 42.7 Å². The predicted molar refractivity (Wildman–Crippen MR) is 150 cm³/mol. The molecule has 0 fully saturated rings. The third-order valence-electron chi connectivity index (χ3n) is 5.55. The second-order valence-electron chi connectivity index (χ2n) is 8.04. The van der Waals surface area contributed by atoms with E-state index in [1.165, 1.54) is 13.2 Å². The van der Waals surface area contributed by atoms with E-state index in [4.69, 9.17) is 27.8 Å². The van der Waals surface area contributed by atoms with Crippen molar-refractivity contribution in [3.8, 4) is 5.75 Å². The maximum absolute atomic E-state index is 12.7. The Labute approximate surface area is 225 Å². The lowest BCUT2D eigenvalue weighted by Gasteiger charge is -2.22. The van der Waals surface area contributed by atoms with E-state index in [0.717, 1.165) is 4.31 Å². The van der Waals surface area contributed by atoms with Gasteiger partial charge in [0.25, 0.3) is 0 Å². The molecular formula is C25H26ClN7O4S. The summed E-state index contributed by atoms with van der Waals surface area (Å²) in [6.45, 7) is 0.287. The lowest BCUT2D eigenvalue weighted by atomic mass is 10.1. The fraction of sp³-hybridized carbons (Fsp3) is 0.160. The van der Waals surface area contributed by atoms with Crippen LogP contribution in [0.25, 0.3) is 11.0 Å². The van der Waals surface area contributed by atoms with E-state index in [1.807, 2.05) is 0 Å². The van der Waals surface area contributed by atoms with Crippen LogP contribution in [0.3, 0.4) is 0 Å². The van der Waals surface area contributed by atoms with Gasteiger partial charge < -0.3 is 26.8 Å². The summed E-state index contributed by atoms with van der Waals surface area (Å²) in [5.74, 6) is 0.347. The Morgan fingerprint density at radius 3 is 2.42 bits per heavy atom. The smallest absolute Gasteiger partial charge is 0.230 e.